The zero-order valence-corrected chi connectivity index (χ0v) is 14.9. The minimum atomic E-state index is -0.849. The monoisotopic (exact) mass is 320 g/mol. The molecule has 2 bridgehead atoms. The maximum Gasteiger partial charge on any atom is 0.138 e. The number of aliphatic hydroxyl groups is 2. The van der Waals surface area contributed by atoms with Gasteiger partial charge in [0.2, 0.25) is 0 Å². The standard InChI is InChI=1S/C20H32O3/c1-17(2)14-6-9-19-10-13(20(23,11-19)12-21)4-5-15(19)18(14,3)8-7-16(17)22/h13-15,21,23H,4-12H2,1-3H3/t13?,14-,15+,18?,19+,20-/m1/s1. The largest absolute Gasteiger partial charge is 0.393 e. The Morgan fingerprint density at radius 2 is 1.83 bits per heavy atom. The summed E-state index contributed by atoms with van der Waals surface area (Å²) in [6.07, 6.45) is 8.07. The minimum Gasteiger partial charge on any atom is -0.393 e. The molecule has 0 radical (unpaired) electrons. The number of hydrogen-bond donors (Lipinski definition) is 2. The summed E-state index contributed by atoms with van der Waals surface area (Å²) in [7, 11) is 0. The zero-order valence-electron chi connectivity index (χ0n) is 14.9. The zero-order chi connectivity index (χ0) is 16.7. The lowest BCUT2D eigenvalue weighted by Gasteiger charge is -2.63. The van der Waals surface area contributed by atoms with E-state index in [1.54, 1.807) is 0 Å². The second kappa shape index (κ2) is 4.60. The number of rotatable bonds is 1. The molecule has 23 heavy (non-hydrogen) atoms. The van der Waals surface area contributed by atoms with Gasteiger partial charge >= 0.3 is 0 Å². The van der Waals surface area contributed by atoms with Gasteiger partial charge in [-0.2, -0.15) is 0 Å². The molecular weight excluding hydrogens is 288 g/mol. The van der Waals surface area contributed by atoms with Crippen molar-refractivity contribution in [3.63, 3.8) is 0 Å². The van der Waals surface area contributed by atoms with Gasteiger partial charge in [-0.1, -0.05) is 20.8 Å². The van der Waals surface area contributed by atoms with Crippen molar-refractivity contribution in [2.24, 2.45) is 34.0 Å². The fourth-order valence-electron chi connectivity index (χ4n) is 7.83. The summed E-state index contributed by atoms with van der Waals surface area (Å²) in [6.45, 7) is 6.68. The molecule has 0 aromatic rings. The number of ketones is 1. The fourth-order valence-corrected chi connectivity index (χ4v) is 7.83. The Kier molecular flexibility index (Phi) is 3.22. The van der Waals surface area contributed by atoms with Crippen LogP contribution in [-0.4, -0.2) is 28.2 Å². The van der Waals surface area contributed by atoms with Crippen molar-refractivity contribution >= 4 is 5.78 Å². The second-order valence-corrected chi connectivity index (χ2v) is 10.1. The van der Waals surface area contributed by atoms with Crippen LogP contribution >= 0.6 is 0 Å². The van der Waals surface area contributed by atoms with Gasteiger partial charge < -0.3 is 10.2 Å². The molecule has 4 saturated carbocycles. The van der Waals surface area contributed by atoms with Crippen molar-refractivity contribution in [1.29, 1.82) is 0 Å². The van der Waals surface area contributed by atoms with Gasteiger partial charge in [-0.3, -0.25) is 4.79 Å². The van der Waals surface area contributed by atoms with Crippen molar-refractivity contribution < 1.29 is 15.0 Å². The van der Waals surface area contributed by atoms with Crippen LogP contribution in [0.15, 0.2) is 0 Å². The molecule has 4 aliphatic rings. The molecule has 0 saturated heterocycles. The van der Waals surface area contributed by atoms with Crippen molar-refractivity contribution in [2.75, 3.05) is 6.61 Å². The molecule has 2 N–H and O–H groups in total. The molecular formula is C20H32O3. The fraction of sp³-hybridized carbons (Fsp3) is 0.950. The van der Waals surface area contributed by atoms with Gasteiger partial charge in [0, 0.05) is 11.8 Å². The van der Waals surface area contributed by atoms with Crippen LogP contribution in [-0.2, 0) is 4.79 Å². The number of carbonyl (C=O) groups excluding carboxylic acids is 1. The van der Waals surface area contributed by atoms with E-state index in [9.17, 15) is 15.0 Å². The first-order chi connectivity index (χ1) is 10.7. The van der Waals surface area contributed by atoms with Gasteiger partial charge in [0.15, 0.2) is 0 Å². The van der Waals surface area contributed by atoms with Gasteiger partial charge in [-0.15, -0.1) is 0 Å². The molecule has 4 rings (SSSR count). The van der Waals surface area contributed by atoms with Crippen LogP contribution in [0.4, 0.5) is 0 Å². The van der Waals surface area contributed by atoms with E-state index in [-0.39, 0.29) is 28.8 Å². The molecule has 3 nitrogen and oxygen atoms in total. The first-order valence-electron chi connectivity index (χ1n) is 9.55. The molecule has 3 heteroatoms. The van der Waals surface area contributed by atoms with E-state index in [1.807, 2.05) is 0 Å². The van der Waals surface area contributed by atoms with Crippen LogP contribution in [0.5, 0.6) is 0 Å². The van der Waals surface area contributed by atoms with Crippen LogP contribution in [0.1, 0.15) is 72.1 Å². The van der Waals surface area contributed by atoms with Crippen LogP contribution < -0.4 is 0 Å². The molecule has 0 amide bonds. The summed E-state index contributed by atoms with van der Waals surface area (Å²) < 4.78 is 0. The Morgan fingerprint density at radius 1 is 1.09 bits per heavy atom. The van der Waals surface area contributed by atoms with Crippen molar-refractivity contribution in [3.05, 3.63) is 0 Å². The number of carbonyl (C=O) groups is 1. The maximum absolute atomic E-state index is 12.5. The summed E-state index contributed by atoms with van der Waals surface area (Å²) in [5.41, 5.74) is -0.612. The third-order valence-corrected chi connectivity index (χ3v) is 8.89. The molecule has 4 fully saturated rings. The maximum atomic E-state index is 12.5. The third kappa shape index (κ3) is 1.87. The summed E-state index contributed by atoms with van der Waals surface area (Å²) in [6, 6.07) is 0. The van der Waals surface area contributed by atoms with Crippen molar-refractivity contribution in [2.45, 2.75) is 77.7 Å². The van der Waals surface area contributed by atoms with Crippen LogP contribution in [0, 0.1) is 34.0 Å². The third-order valence-electron chi connectivity index (χ3n) is 8.89. The highest BCUT2D eigenvalue weighted by Gasteiger charge is 2.67. The van der Waals surface area contributed by atoms with E-state index in [4.69, 9.17) is 0 Å². The summed E-state index contributed by atoms with van der Waals surface area (Å²) in [5.74, 6) is 1.81. The summed E-state index contributed by atoms with van der Waals surface area (Å²) >= 11 is 0. The van der Waals surface area contributed by atoms with Gasteiger partial charge in [-0.05, 0) is 73.5 Å². The highest BCUT2D eigenvalue weighted by atomic mass is 16.3. The predicted octanol–water partition coefficient (Wildman–Crippen LogP) is 3.32. The smallest absolute Gasteiger partial charge is 0.138 e. The van der Waals surface area contributed by atoms with Gasteiger partial charge in [0.1, 0.15) is 5.78 Å². The SMILES string of the molecule is CC1(C)C(=O)CCC2(C)[C@@H]1CC[C@@]13CC(CC[C@@H]21)[C@](O)(CO)C3. The van der Waals surface area contributed by atoms with E-state index in [1.165, 1.54) is 6.42 Å². The molecule has 4 aliphatic carbocycles. The van der Waals surface area contributed by atoms with E-state index in [2.05, 4.69) is 20.8 Å². The van der Waals surface area contributed by atoms with Crippen LogP contribution in [0.2, 0.25) is 0 Å². The minimum absolute atomic E-state index is 0.0870. The van der Waals surface area contributed by atoms with Crippen molar-refractivity contribution in [1.82, 2.24) is 0 Å². The van der Waals surface area contributed by atoms with Gasteiger partial charge in [0.25, 0.3) is 0 Å². The first-order valence-corrected chi connectivity index (χ1v) is 9.55. The quantitative estimate of drug-likeness (QED) is 0.779. The Labute approximate surface area is 139 Å². The van der Waals surface area contributed by atoms with E-state index in [0.29, 0.717) is 17.6 Å². The number of aliphatic hydroxyl groups excluding tert-OH is 1. The lowest BCUT2D eigenvalue weighted by Crippen LogP contribution is -2.58. The molecule has 1 spiro atoms. The topological polar surface area (TPSA) is 57.5 Å². The molecule has 6 atom stereocenters. The average Bonchev–Trinajstić information content (AvgIpc) is 2.70. The molecule has 0 aromatic heterocycles. The second-order valence-electron chi connectivity index (χ2n) is 10.1. The molecule has 0 heterocycles. The lowest BCUT2D eigenvalue weighted by atomic mass is 9.41. The summed E-state index contributed by atoms with van der Waals surface area (Å²) in [5, 5.41) is 20.7. The number of Topliss-reactive ketones (excluding diaryl/α,β-unsaturated/α-hetero) is 1. The number of hydrogen-bond acceptors (Lipinski definition) is 3. The first kappa shape index (κ1) is 16.1. The highest BCUT2D eigenvalue weighted by Crippen LogP contribution is 2.72. The molecule has 0 aliphatic heterocycles. The normalized spacial score (nSPS) is 54.5. The Hall–Kier alpha value is -0.410. The lowest BCUT2D eigenvalue weighted by molar-refractivity contribution is -0.165. The Balaban J connectivity index is 1.73. The molecule has 130 valence electrons. The Morgan fingerprint density at radius 3 is 2.52 bits per heavy atom. The van der Waals surface area contributed by atoms with Crippen molar-refractivity contribution in [3.8, 4) is 0 Å². The van der Waals surface area contributed by atoms with E-state index < -0.39 is 5.60 Å². The molecule has 2 unspecified atom stereocenters. The molecule has 0 aromatic carbocycles. The van der Waals surface area contributed by atoms with Crippen LogP contribution in [0.25, 0.3) is 0 Å². The van der Waals surface area contributed by atoms with Gasteiger partial charge in [-0.25, -0.2) is 0 Å². The predicted molar refractivity (Wildman–Crippen MR) is 88.8 cm³/mol. The van der Waals surface area contributed by atoms with Gasteiger partial charge in [0.05, 0.1) is 12.2 Å². The number of fused-ring (bicyclic) bond motifs is 3. The van der Waals surface area contributed by atoms with E-state index in [0.717, 1.165) is 44.9 Å². The Bertz CT molecular complexity index is 541. The van der Waals surface area contributed by atoms with E-state index >= 15 is 0 Å². The summed E-state index contributed by atoms with van der Waals surface area (Å²) in [4.78, 5) is 12.5. The highest BCUT2D eigenvalue weighted by molar-refractivity contribution is 5.85. The average molecular weight is 320 g/mol. The van der Waals surface area contributed by atoms with Crippen LogP contribution in [0.3, 0.4) is 0 Å².